The molecule has 0 aliphatic carbocycles. The molecule has 0 atom stereocenters. The fourth-order valence-corrected chi connectivity index (χ4v) is 2.15. The monoisotopic (exact) mass is 255 g/mol. The fraction of sp³-hybridized carbons (Fsp3) is 0. The molecule has 1 heterocycles. The summed E-state index contributed by atoms with van der Waals surface area (Å²) in [7, 11) is 0. The van der Waals surface area contributed by atoms with Gasteiger partial charge in [0.05, 0.1) is 17.2 Å². The van der Waals surface area contributed by atoms with Crippen molar-refractivity contribution in [3.63, 3.8) is 0 Å². The van der Waals surface area contributed by atoms with Crippen LogP contribution in [0, 0.1) is 11.3 Å². The molecular weight excluding hydrogens is 246 g/mol. The number of carbonyl (C=O) groups is 1. The highest BCUT2D eigenvalue weighted by Gasteiger charge is 2.05. The Hall–Kier alpha value is -2.38. The number of thiophene rings is 1. The van der Waals surface area contributed by atoms with Crippen LogP contribution in [0.15, 0.2) is 41.8 Å². The molecule has 0 spiro atoms. The average Bonchev–Trinajstić information content (AvgIpc) is 2.89. The summed E-state index contributed by atoms with van der Waals surface area (Å²) in [5.74, 6) is -0.970. The molecular formula is C14H9NO2S. The summed E-state index contributed by atoms with van der Waals surface area (Å²) >= 11 is 1.55. The van der Waals surface area contributed by atoms with Gasteiger partial charge in [0, 0.05) is 4.88 Å². The Bertz CT molecular complexity index is 619. The summed E-state index contributed by atoms with van der Waals surface area (Å²) < 4.78 is 0. The van der Waals surface area contributed by atoms with E-state index in [2.05, 4.69) is 6.07 Å². The zero-order valence-corrected chi connectivity index (χ0v) is 10.1. The lowest BCUT2D eigenvalue weighted by Gasteiger charge is -1.99. The van der Waals surface area contributed by atoms with Crippen molar-refractivity contribution in [1.29, 1.82) is 5.26 Å². The van der Waals surface area contributed by atoms with Crippen LogP contribution in [0.25, 0.3) is 11.6 Å². The van der Waals surface area contributed by atoms with Crippen LogP contribution in [0.3, 0.4) is 0 Å². The Balaban J connectivity index is 2.35. The first-order chi connectivity index (χ1) is 8.70. The largest absolute Gasteiger partial charge is 0.478 e. The van der Waals surface area contributed by atoms with Crippen molar-refractivity contribution in [1.82, 2.24) is 0 Å². The van der Waals surface area contributed by atoms with Crippen molar-refractivity contribution in [3.05, 3.63) is 57.8 Å². The molecule has 0 aliphatic heterocycles. The first-order valence-electron chi connectivity index (χ1n) is 5.20. The summed E-state index contributed by atoms with van der Waals surface area (Å²) in [6, 6.07) is 12.3. The Morgan fingerprint density at radius 1 is 1.22 bits per heavy atom. The normalized spacial score (nSPS) is 10.9. The maximum absolute atomic E-state index is 10.7. The highest BCUT2D eigenvalue weighted by Crippen LogP contribution is 2.20. The number of hydrogen-bond donors (Lipinski definition) is 1. The summed E-state index contributed by atoms with van der Waals surface area (Å²) in [4.78, 5) is 11.7. The van der Waals surface area contributed by atoms with Gasteiger partial charge in [-0.2, -0.15) is 5.26 Å². The van der Waals surface area contributed by atoms with Gasteiger partial charge in [-0.1, -0.05) is 18.2 Å². The van der Waals surface area contributed by atoms with E-state index in [0.29, 0.717) is 5.57 Å². The second-order valence-electron chi connectivity index (χ2n) is 3.57. The molecule has 0 bridgehead atoms. The third-order valence-electron chi connectivity index (χ3n) is 2.39. The number of benzene rings is 1. The smallest absolute Gasteiger partial charge is 0.335 e. The SMILES string of the molecule is N#CC(=Cc1cccs1)c1ccc(C(=O)O)cc1. The lowest BCUT2D eigenvalue weighted by Crippen LogP contribution is -1.95. The van der Waals surface area contributed by atoms with Gasteiger partial charge in [0.25, 0.3) is 0 Å². The molecule has 3 nitrogen and oxygen atoms in total. The van der Waals surface area contributed by atoms with E-state index in [1.165, 1.54) is 12.1 Å². The van der Waals surface area contributed by atoms with Crippen molar-refractivity contribution in [2.75, 3.05) is 0 Å². The molecule has 1 aromatic carbocycles. The van der Waals surface area contributed by atoms with Crippen LogP contribution in [-0.4, -0.2) is 11.1 Å². The number of nitriles is 1. The number of carboxylic acids is 1. The highest BCUT2D eigenvalue weighted by atomic mass is 32.1. The number of allylic oxidation sites excluding steroid dienone is 1. The summed E-state index contributed by atoms with van der Waals surface area (Å²) in [5.41, 5.74) is 1.46. The van der Waals surface area contributed by atoms with Crippen molar-refractivity contribution >= 4 is 29.0 Å². The third-order valence-corrected chi connectivity index (χ3v) is 3.21. The van der Waals surface area contributed by atoms with Crippen LogP contribution < -0.4 is 0 Å². The van der Waals surface area contributed by atoms with E-state index in [1.807, 2.05) is 17.5 Å². The quantitative estimate of drug-likeness (QED) is 0.854. The van der Waals surface area contributed by atoms with Gasteiger partial charge in [-0.3, -0.25) is 0 Å². The Morgan fingerprint density at radius 2 is 1.89 bits per heavy atom. The molecule has 4 heteroatoms. The lowest BCUT2D eigenvalue weighted by atomic mass is 10.0. The van der Waals surface area contributed by atoms with E-state index in [-0.39, 0.29) is 5.56 Å². The zero-order chi connectivity index (χ0) is 13.0. The Morgan fingerprint density at radius 3 is 2.39 bits per heavy atom. The highest BCUT2D eigenvalue weighted by molar-refractivity contribution is 7.10. The van der Waals surface area contributed by atoms with Gasteiger partial charge in [-0.25, -0.2) is 4.79 Å². The van der Waals surface area contributed by atoms with Crippen LogP contribution in [0.4, 0.5) is 0 Å². The number of aromatic carboxylic acids is 1. The summed E-state index contributed by atoms with van der Waals surface area (Å²) in [6.07, 6.45) is 1.79. The van der Waals surface area contributed by atoms with Gasteiger partial charge in [-0.05, 0) is 35.2 Å². The van der Waals surface area contributed by atoms with Crippen molar-refractivity contribution < 1.29 is 9.90 Å². The Labute approximate surface area is 108 Å². The van der Waals surface area contributed by atoms with Crippen LogP contribution in [0.5, 0.6) is 0 Å². The third kappa shape index (κ3) is 2.65. The van der Waals surface area contributed by atoms with Gasteiger partial charge in [0.1, 0.15) is 0 Å². The number of rotatable bonds is 3. The molecule has 0 radical (unpaired) electrons. The van der Waals surface area contributed by atoms with Crippen LogP contribution in [0.1, 0.15) is 20.8 Å². The van der Waals surface area contributed by atoms with E-state index in [0.717, 1.165) is 10.4 Å². The van der Waals surface area contributed by atoms with Gasteiger partial charge in [0.15, 0.2) is 0 Å². The van der Waals surface area contributed by atoms with Crippen molar-refractivity contribution in [3.8, 4) is 6.07 Å². The molecule has 1 N–H and O–H groups in total. The van der Waals surface area contributed by atoms with E-state index in [9.17, 15) is 4.79 Å². The topological polar surface area (TPSA) is 61.1 Å². The molecule has 2 rings (SSSR count). The first-order valence-corrected chi connectivity index (χ1v) is 6.07. The van der Waals surface area contributed by atoms with Gasteiger partial charge in [0.2, 0.25) is 0 Å². The molecule has 18 heavy (non-hydrogen) atoms. The van der Waals surface area contributed by atoms with Gasteiger partial charge >= 0.3 is 5.97 Å². The number of carboxylic acid groups (broad SMARTS) is 1. The van der Waals surface area contributed by atoms with E-state index >= 15 is 0 Å². The fourth-order valence-electron chi connectivity index (χ4n) is 1.49. The number of hydrogen-bond acceptors (Lipinski definition) is 3. The van der Waals surface area contributed by atoms with Gasteiger partial charge < -0.3 is 5.11 Å². The van der Waals surface area contributed by atoms with Crippen LogP contribution in [0.2, 0.25) is 0 Å². The maximum atomic E-state index is 10.7. The Kier molecular flexibility index (Phi) is 3.56. The predicted octanol–water partition coefficient (Wildman–Crippen LogP) is 3.51. The molecule has 1 aromatic heterocycles. The maximum Gasteiger partial charge on any atom is 0.335 e. The van der Waals surface area contributed by atoms with E-state index in [4.69, 9.17) is 10.4 Å². The van der Waals surface area contributed by atoms with Crippen molar-refractivity contribution in [2.24, 2.45) is 0 Å². The lowest BCUT2D eigenvalue weighted by molar-refractivity contribution is 0.0697. The molecule has 2 aromatic rings. The van der Waals surface area contributed by atoms with E-state index < -0.39 is 5.97 Å². The number of nitrogens with zero attached hydrogens (tertiary/aromatic N) is 1. The molecule has 0 aliphatic rings. The molecule has 0 fully saturated rings. The summed E-state index contributed by atoms with van der Waals surface area (Å²) in [6.45, 7) is 0. The molecule has 0 saturated heterocycles. The van der Waals surface area contributed by atoms with E-state index in [1.54, 1.807) is 29.5 Å². The standard InChI is InChI=1S/C14H9NO2S/c15-9-12(8-13-2-1-7-18-13)10-3-5-11(6-4-10)14(16)17/h1-8H,(H,16,17). The molecule has 0 unspecified atom stereocenters. The minimum absolute atomic E-state index is 0.215. The second kappa shape index (κ2) is 5.30. The van der Waals surface area contributed by atoms with Crippen LogP contribution in [-0.2, 0) is 0 Å². The minimum atomic E-state index is -0.970. The zero-order valence-electron chi connectivity index (χ0n) is 9.33. The molecule has 0 saturated carbocycles. The average molecular weight is 255 g/mol. The van der Waals surface area contributed by atoms with Crippen molar-refractivity contribution in [2.45, 2.75) is 0 Å². The predicted molar refractivity (Wildman–Crippen MR) is 71.2 cm³/mol. The first kappa shape index (κ1) is 12.1. The van der Waals surface area contributed by atoms with Crippen LogP contribution >= 0.6 is 11.3 Å². The second-order valence-corrected chi connectivity index (χ2v) is 4.55. The molecule has 0 amide bonds. The summed E-state index contributed by atoms with van der Waals surface area (Å²) in [5, 5.41) is 19.9. The minimum Gasteiger partial charge on any atom is -0.478 e. The molecule has 88 valence electrons. The van der Waals surface area contributed by atoms with Gasteiger partial charge in [-0.15, -0.1) is 11.3 Å².